The summed E-state index contributed by atoms with van der Waals surface area (Å²) in [5.41, 5.74) is 4.27. The van der Waals surface area contributed by atoms with Crippen LogP contribution in [-0.2, 0) is 0 Å². The Morgan fingerprint density at radius 2 is 0.647 bits per heavy atom. The Bertz CT molecular complexity index is 1150. The van der Waals surface area contributed by atoms with Crippen molar-refractivity contribution in [2.75, 3.05) is 0 Å². The Morgan fingerprint density at radius 3 is 0.824 bits per heavy atom. The molecule has 0 aromatic carbocycles. The average molecular weight is 713 g/mol. The first-order valence-corrected chi connectivity index (χ1v) is 26.7. The van der Waals surface area contributed by atoms with Gasteiger partial charge in [-0.2, -0.15) is 0 Å². The van der Waals surface area contributed by atoms with Crippen molar-refractivity contribution >= 4 is 21.5 Å². The van der Waals surface area contributed by atoms with Crippen LogP contribution in [0.25, 0.3) is 0 Å². The Labute approximate surface area is 321 Å². The van der Waals surface area contributed by atoms with Crippen molar-refractivity contribution < 1.29 is 0 Å². The Hall–Kier alpha value is 0.347. The fraction of sp³-hybridized carbons (Fsp3) is 1.00. The summed E-state index contributed by atoms with van der Waals surface area (Å²) in [4.78, 5) is 0. The molecular formula is C48H86B2Si. The van der Waals surface area contributed by atoms with E-state index in [2.05, 4.69) is 110 Å². The first-order valence-electron chi connectivity index (χ1n) is 23.5. The van der Waals surface area contributed by atoms with Gasteiger partial charge >= 0.3 is 0 Å². The smallest absolute Gasteiger partial charge is 0.0735 e. The fourth-order valence-electron chi connectivity index (χ4n) is 18.3. The van der Waals surface area contributed by atoms with Gasteiger partial charge in [0.05, 0.1) is 8.07 Å². The minimum absolute atomic E-state index is 0.601. The van der Waals surface area contributed by atoms with Crippen molar-refractivity contribution in [2.24, 2.45) is 92.7 Å². The lowest BCUT2D eigenvalue weighted by molar-refractivity contribution is -0.107. The van der Waals surface area contributed by atoms with E-state index >= 15 is 0 Å². The summed E-state index contributed by atoms with van der Waals surface area (Å²) >= 11 is 0. The molecule has 12 saturated carbocycles. The molecule has 0 saturated heterocycles. The molecule has 0 spiro atoms. The molecular weight excluding hydrogens is 626 g/mol. The molecule has 3 heteroatoms. The van der Waals surface area contributed by atoms with Gasteiger partial charge < -0.3 is 0 Å². The summed E-state index contributed by atoms with van der Waals surface area (Å²) in [5, 5.41) is 0. The maximum atomic E-state index is 2.90. The minimum Gasteiger partial charge on any atom is -0.0735 e. The van der Waals surface area contributed by atoms with Gasteiger partial charge in [-0.15, -0.1) is 0 Å². The summed E-state index contributed by atoms with van der Waals surface area (Å²) in [6, 6.07) is 0. The number of hydrogen-bond acceptors (Lipinski definition) is 0. The van der Waals surface area contributed by atoms with Gasteiger partial charge in [-0.05, 0) is 118 Å². The fourth-order valence-corrected chi connectivity index (χ4v) is 21.0. The molecule has 0 aliphatic heterocycles. The zero-order valence-corrected chi connectivity index (χ0v) is 38.1. The lowest BCUT2D eigenvalue weighted by atomic mass is 9.20. The second kappa shape index (κ2) is 12.2. The van der Waals surface area contributed by atoms with Gasteiger partial charge in [-0.3, -0.25) is 0 Å². The predicted molar refractivity (Wildman–Crippen MR) is 229 cm³/mol. The van der Waals surface area contributed by atoms with E-state index in [9.17, 15) is 0 Å². The summed E-state index contributed by atoms with van der Waals surface area (Å²) in [7, 11) is -1.51. The van der Waals surface area contributed by atoms with Crippen LogP contribution in [0.1, 0.15) is 148 Å². The van der Waals surface area contributed by atoms with Crippen molar-refractivity contribution in [1.29, 1.82) is 0 Å². The lowest BCUT2D eigenvalue weighted by Crippen LogP contribution is -2.60. The van der Waals surface area contributed by atoms with E-state index in [0.29, 0.717) is 21.7 Å². The molecule has 18 atom stereocenters. The molecule has 12 aliphatic rings. The van der Waals surface area contributed by atoms with E-state index < -0.39 is 8.07 Å². The van der Waals surface area contributed by atoms with Crippen molar-refractivity contribution in [3.63, 3.8) is 0 Å². The van der Waals surface area contributed by atoms with E-state index in [1.807, 2.05) is 0 Å². The van der Waals surface area contributed by atoms with Gasteiger partial charge in [0, 0.05) is 0 Å². The van der Waals surface area contributed by atoms with Crippen LogP contribution in [0.4, 0.5) is 0 Å². The summed E-state index contributed by atoms with van der Waals surface area (Å²) in [6.45, 7) is 45.5. The molecule has 51 heavy (non-hydrogen) atoms. The zero-order chi connectivity index (χ0) is 37.1. The SMILES string of the molecule is CC1C(B(C[C@H](C)[Si](C)(C)[C@@H](C)CB(C2CC3CC(C2C)C3(C)C)C2CC3CC(C2C)C3(C)C)C2CC3CC(C2C)C3(C)C)CC2CC1C2(C)C. The third-order valence-corrected chi connectivity index (χ3v) is 29.2. The first kappa shape index (κ1) is 38.2. The molecule has 16 unspecified atom stereocenters. The third-order valence-electron chi connectivity index (χ3n) is 23.6. The maximum Gasteiger partial charge on any atom is 0.146 e. The van der Waals surface area contributed by atoms with Gasteiger partial charge in [0.2, 0.25) is 0 Å². The van der Waals surface area contributed by atoms with Crippen LogP contribution in [0.5, 0.6) is 0 Å². The third kappa shape index (κ3) is 5.35. The minimum atomic E-state index is -1.51. The van der Waals surface area contributed by atoms with Crippen LogP contribution in [0.3, 0.4) is 0 Å². The van der Waals surface area contributed by atoms with Crippen molar-refractivity contribution in [1.82, 2.24) is 0 Å². The Balaban J connectivity index is 1.04. The average Bonchev–Trinajstić information content (AvgIpc) is 3.05. The molecule has 288 valence electrons. The Morgan fingerprint density at radius 1 is 0.431 bits per heavy atom. The van der Waals surface area contributed by atoms with Gasteiger partial charge in [0.25, 0.3) is 0 Å². The van der Waals surface area contributed by atoms with E-state index in [4.69, 9.17) is 0 Å². The van der Waals surface area contributed by atoms with Crippen molar-refractivity contribution in [3.8, 4) is 0 Å². The van der Waals surface area contributed by atoms with Gasteiger partial charge in [0.15, 0.2) is 0 Å². The molecule has 12 aliphatic carbocycles. The zero-order valence-electron chi connectivity index (χ0n) is 37.1. The van der Waals surface area contributed by atoms with Crippen LogP contribution < -0.4 is 0 Å². The number of hydrogen-bond donors (Lipinski definition) is 0. The summed E-state index contributed by atoms with van der Waals surface area (Å²) in [5.74, 6) is 15.6. The lowest BCUT2D eigenvalue weighted by Gasteiger charge is -2.67. The highest BCUT2D eigenvalue weighted by atomic mass is 28.3. The standard InChI is InChI=1S/C48H86B2Si/c1-27(25-49(41-21-33-17-37(29(41)3)45(33,7)8)42-22-34-18-38(30(42)4)46(34,9)10)51(15,16)28(2)26-50(43-23-35-19-39(31(43)5)47(35,11)12)44-24-36-20-40(32(44)6)48(36,13)14/h27-44H,17-26H2,1-16H3/t27-,28-,29?,30?,31?,32?,33?,34?,35?,36?,37?,38?,39?,40?,41?,42?,43?,44?/m0/s1. The van der Waals surface area contributed by atoms with Crippen LogP contribution in [0.2, 0.25) is 60.1 Å². The van der Waals surface area contributed by atoms with Crippen LogP contribution in [0, 0.1) is 92.7 Å². The molecule has 0 aromatic heterocycles. The highest BCUT2D eigenvalue weighted by molar-refractivity contribution is 6.83. The molecule has 0 nitrogen and oxygen atoms in total. The summed E-state index contributed by atoms with van der Waals surface area (Å²) in [6.07, 6.45) is 15.5. The van der Waals surface area contributed by atoms with Crippen molar-refractivity contribution in [3.05, 3.63) is 0 Å². The van der Waals surface area contributed by atoms with Crippen LogP contribution in [0.15, 0.2) is 0 Å². The van der Waals surface area contributed by atoms with Gasteiger partial charge in [-0.25, -0.2) is 0 Å². The second-order valence-corrected chi connectivity index (χ2v) is 31.5. The van der Waals surface area contributed by atoms with E-state index in [-0.39, 0.29) is 0 Å². The second-order valence-electron chi connectivity index (χ2n) is 25.9. The highest BCUT2D eigenvalue weighted by Gasteiger charge is 2.65. The summed E-state index contributed by atoms with van der Waals surface area (Å²) < 4.78 is 0. The van der Waals surface area contributed by atoms with E-state index in [1.54, 1.807) is 64.0 Å². The monoisotopic (exact) mass is 713 g/mol. The molecule has 12 fully saturated rings. The molecule has 0 amide bonds. The van der Waals surface area contributed by atoms with Crippen LogP contribution >= 0.6 is 0 Å². The number of rotatable bonds is 10. The van der Waals surface area contributed by atoms with E-state index in [0.717, 1.165) is 119 Å². The van der Waals surface area contributed by atoms with Crippen molar-refractivity contribution in [2.45, 2.75) is 208 Å². The molecule has 0 heterocycles. The predicted octanol–water partition coefficient (Wildman–Crippen LogP) is 14.8. The highest BCUT2D eigenvalue weighted by Crippen LogP contribution is 2.72. The topological polar surface area (TPSA) is 0 Å². The maximum absolute atomic E-state index is 2.90. The number of fused-ring (bicyclic) bond motifs is 8. The molecule has 8 bridgehead atoms. The van der Waals surface area contributed by atoms with Gasteiger partial charge in [-0.1, -0.05) is 183 Å². The largest absolute Gasteiger partial charge is 0.146 e. The Kier molecular flexibility index (Phi) is 9.13. The molecule has 0 N–H and O–H groups in total. The van der Waals surface area contributed by atoms with E-state index in [1.165, 1.54) is 0 Å². The quantitative estimate of drug-likeness (QED) is 0.198. The molecule has 12 rings (SSSR count). The molecule has 0 radical (unpaired) electrons. The van der Waals surface area contributed by atoms with Crippen LogP contribution in [-0.4, -0.2) is 21.5 Å². The molecule has 0 aromatic rings. The normalized spacial score (nSPS) is 50.4. The first-order chi connectivity index (χ1) is 23.5. The van der Waals surface area contributed by atoms with Gasteiger partial charge in [0.1, 0.15) is 13.4 Å².